The van der Waals surface area contributed by atoms with Crippen molar-refractivity contribution in [1.29, 1.82) is 0 Å². The number of benzene rings is 3. The van der Waals surface area contributed by atoms with E-state index >= 15 is 0 Å². The first-order valence-electron chi connectivity index (χ1n) is 24.4. The summed E-state index contributed by atoms with van der Waals surface area (Å²) in [6.07, 6.45) is 9.51. The Balaban J connectivity index is 1.50. The van der Waals surface area contributed by atoms with Crippen LogP contribution in [0.25, 0.3) is 0 Å². The van der Waals surface area contributed by atoms with E-state index < -0.39 is 48.2 Å². The Morgan fingerprint density at radius 2 is 0.913 bits per heavy atom. The van der Waals surface area contributed by atoms with Crippen LogP contribution in [0, 0.1) is 0 Å². The number of alkyl carbamates (subject to hydrolysis) is 2. The number of nitrogens with two attached hydrogens (primary N) is 2. The third kappa shape index (κ3) is 25.1. The average molecular weight is 998 g/mol. The second-order valence-corrected chi connectivity index (χ2v) is 17.9. The molecular weight excluding hydrogens is 924 g/mol. The van der Waals surface area contributed by atoms with Crippen molar-refractivity contribution in [2.75, 3.05) is 26.2 Å². The molecular formula is C51H74Cl2N8O8. The van der Waals surface area contributed by atoms with Gasteiger partial charge in [-0.25, -0.2) is 9.59 Å². The van der Waals surface area contributed by atoms with Gasteiger partial charge < -0.3 is 52.8 Å². The molecule has 0 saturated heterocycles. The Labute approximate surface area is 417 Å². The van der Waals surface area contributed by atoms with Crippen molar-refractivity contribution in [2.24, 2.45) is 11.5 Å². The quantitative estimate of drug-likeness (QED) is 0.0282. The summed E-state index contributed by atoms with van der Waals surface area (Å²) in [6.45, 7) is 3.66. The van der Waals surface area contributed by atoms with Crippen LogP contribution in [0.4, 0.5) is 9.59 Å². The molecule has 0 heterocycles. The Kier molecular flexibility index (Phi) is 29.2. The first-order chi connectivity index (χ1) is 33.4. The molecule has 10 N–H and O–H groups in total. The van der Waals surface area contributed by atoms with Crippen LogP contribution >= 0.6 is 23.2 Å². The van der Waals surface area contributed by atoms with Crippen molar-refractivity contribution in [1.82, 2.24) is 31.9 Å². The highest BCUT2D eigenvalue weighted by Gasteiger charge is 2.28. The van der Waals surface area contributed by atoms with E-state index in [4.69, 9.17) is 44.1 Å². The van der Waals surface area contributed by atoms with Crippen LogP contribution < -0.4 is 43.4 Å². The minimum atomic E-state index is -1.03. The fourth-order valence-corrected chi connectivity index (χ4v) is 7.56. The summed E-state index contributed by atoms with van der Waals surface area (Å²) in [5, 5.41) is 17.9. The van der Waals surface area contributed by atoms with Crippen molar-refractivity contribution in [2.45, 2.75) is 147 Å². The summed E-state index contributed by atoms with van der Waals surface area (Å²) >= 11 is 12.2. The van der Waals surface area contributed by atoms with E-state index in [1.54, 1.807) is 42.5 Å². The first-order valence-corrected chi connectivity index (χ1v) is 25.1. The van der Waals surface area contributed by atoms with Gasteiger partial charge in [-0.1, -0.05) is 129 Å². The van der Waals surface area contributed by atoms with E-state index in [2.05, 4.69) is 38.8 Å². The highest BCUT2D eigenvalue weighted by atomic mass is 35.5. The topological polar surface area (TPSA) is 245 Å². The molecule has 0 radical (unpaired) electrons. The number of rotatable bonds is 34. The Hall–Kier alpha value is -5.42. The van der Waals surface area contributed by atoms with Gasteiger partial charge in [0.1, 0.15) is 25.3 Å². The zero-order valence-corrected chi connectivity index (χ0v) is 41.6. The van der Waals surface area contributed by atoms with Crippen LogP contribution in [0.5, 0.6) is 0 Å². The molecule has 0 fully saturated rings. The zero-order chi connectivity index (χ0) is 50.1. The number of carbonyl (C=O) groups excluding carboxylic acids is 6. The van der Waals surface area contributed by atoms with Gasteiger partial charge in [0.2, 0.25) is 23.6 Å². The molecule has 0 aliphatic heterocycles. The van der Waals surface area contributed by atoms with Gasteiger partial charge in [0.15, 0.2) is 0 Å². The van der Waals surface area contributed by atoms with Gasteiger partial charge in [0, 0.05) is 53.8 Å². The average Bonchev–Trinajstić information content (AvgIpc) is 3.34. The number of nitrogens with one attached hydrogen (secondary N) is 6. The fraction of sp³-hybridized carbons (Fsp3) is 0.529. The van der Waals surface area contributed by atoms with Gasteiger partial charge in [0.05, 0.1) is 12.1 Å². The maximum absolute atomic E-state index is 14.0. The lowest BCUT2D eigenvalue weighted by atomic mass is 10.0. The van der Waals surface area contributed by atoms with E-state index in [9.17, 15) is 28.8 Å². The van der Waals surface area contributed by atoms with Gasteiger partial charge >= 0.3 is 12.2 Å². The highest BCUT2D eigenvalue weighted by Crippen LogP contribution is 2.17. The molecule has 3 aromatic carbocycles. The Morgan fingerprint density at radius 3 is 1.46 bits per heavy atom. The van der Waals surface area contributed by atoms with Crippen molar-refractivity contribution >= 4 is 59.0 Å². The molecule has 0 spiro atoms. The summed E-state index contributed by atoms with van der Waals surface area (Å²) in [4.78, 5) is 78.1. The number of ether oxygens (including phenoxy) is 2. The molecule has 0 unspecified atom stereocenters. The van der Waals surface area contributed by atoms with E-state index in [0.717, 1.165) is 37.7 Å². The SMILES string of the molecule is CCCCCCCCNC(=O)[C@H](Cc1ccccc1)NC(=O)[C@H](CCCCNC(=O)[C@@H](N)CCCCNC(=O)OCc1ccccc1Cl)NC(=O)[C@@H](N)CCCCNC(=O)OCc1ccccc1Cl. The molecule has 4 atom stereocenters. The predicted octanol–water partition coefficient (Wildman–Crippen LogP) is 7.12. The molecule has 380 valence electrons. The lowest BCUT2D eigenvalue weighted by molar-refractivity contribution is -0.132. The van der Waals surface area contributed by atoms with Gasteiger partial charge in [-0.05, 0) is 81.9 Å². The standard InChI is InChI=1S/C51H74Cl2N8O8/c1-2-3-4-5-6-17-30-57-48(64)45(34-37-21-8-7-9-22-37)61-49(65)44(60-47(63)43(55)28-15-19-33-59-51(67)69-36-39-24-11-13-26-41(39)53)29-16-20-31-56-46(62)42(54)27-14-18-32-58-50(66)68-35-38-23-10-12-25-40(38)52/h7-13,21-26,42-45H,2-6,14-20,27-36,54-55H2,1H3,(H,56,62)(H,57,64)(H,58,66)(H,59,67)(H,60,63)(H,61,65)/t42-,43-,44-,45-/m0/s1. The minimum absolute atomic E-state index is 0.0280. The van der Waals surface area contributed by atoms with Crippen LogP contribution in [0.3, 0.4) is 0 Å². The van der Waals surface area contributed by atoms with Crippen LogP contribution in [-0.2, 0) is 48.3 Å². The second-order valence-electron chi connectivity index (χ2n) is 17.1. The van der Waals surface area contributed by atoms with E-state index in [-0.39, 0.29) is 50.8 Å². The molecule has 3 aromatic rings. The third-order valence-corrected chi connectivity index (χ3v) is 12.1. The van der Waals surface area contributed by atoms with Crippen molar-refractivity contribution in [3.05, 3.63) is 106 Å². The number of amides is 6. The molecule has 3 rings (SSSR count). The van der Waals surface area contributed by atoms with Crippen LogP contribution in [0.1, 0.15) is 120 Å². The molecule has 0 bridgehead atoms. The van der Waals surface area contributed by atoms with Crippen LogP contribution in [0.15, 0.2) is 78.9 Å². The zero-order valence-electron chi connectivity index (χ0n) is 40.0. The van der Waals surface area contributed by atoms with Crippen molar-refractivity contribution < 1.29 is 38.2 Å². The van der Waals surface area contributed by atoms with Crippen LogP contribution in [-0.4, -0.2) is 86.2 Å². The van der Waals surface area contributed by atoms with E-state index in [1.807, 2.05) is 36.4 Å². The number of hydrogen-bond donors (Lipinski definition) is 8. The van der Waals surface area contributed by atoms with Crippen LogP contribution in [0.2, 0.25) is 10.0 Å². The van der Waals surface area contributed by atoms with Crippen molar-refractivity contribution in [3.63, 3.8) is 0 Å². The Bertz CT molecular complexity index is 2000. The maximum Gasteiger partial charge on any atom is 0.407 e. The van der Waals surface area contributed by atoms with E-state index in [1.165, 1.54) is 6.42 Å². The van der Waals surface area contributed by atoms with E-state index in [0.29, 0.717) is 85.8 Å². The number of unbranched alkanes of at least 4 members (excludes halogenated alkanes) is 8. The van der Waals surface area contributed by atoms with Gasteiger partial charge in [-0.2, -0.15) is 0 Å². The normalized spacial score (nSPS) is 12.7. The molecule has 0 saturated carbocycles. The fourth-order valence-electron chi connectivity index (χ4n) is 7.18. The largest absolute Gasteiger partial charge is 0.445 e. The molecule has 0 aromatic heterocycles. The lowest BCUT2D eigenvalue weighted by Gasteiger charge is -2.24. The molecule has 69 heavy (non-hydrogen) atoms. The summed E-state index contributed by atoms with van der Waals surface area (Å²) in [5.74, 6) is -1.69. The minimum Gasteiger partial charge on any atom is -0.445 e. The van der Waals surface area contributed by atoms with Gasteiger partial charge in [-0.15, -0.1) is 0 Å². The monoisotopic (exact) mass is 997 g/mol. The Morgan fingerprint density at radius 1 is 0.478 bits per heavy atom. The summed E-state index contributed by atoms with van der Waals surface area (Å²) in [5.41, 5.74) is 14.7. The molecule has 16 nitrogen and oxygen atoms in total. The second kappa shape index (κ2) is 34.8. The smallest absolute Gasteiger partial charge is 0.407 e. The lowest BCUT2D eigenvalue weighted by Crippen LogP contribution is -2.56. The summed E-state index contributed by atoms with van der Waals surface area (Å²) < 4.78 is 10.5. The number of hydrogen-bond acceptors (Lipinski definition) is 10. The summed E-state index contributed by atoms with van der Waals surface area (Å²) in [6, 6.07) is 19.9. The number of halogens is 2. The van der Waals surface area contributed by atoms with Crippen molar-refractivity contribution in [3.8, 4) is 0 Å². The van der Waals surface area contributed by atoms with Gasteiger partial charge in [-0.3, -0.25) is 19.2 Å². The summed E-state index contributed by atoms with van der Waals surface area (Å²) in [7, 11) is 0. The highest BCUT2D eigenvalue weighted by molar-refractivity contribution is 6.31. The maximum atomic E-state index is 14.0. The first kappa shape index (κ1) is 57.9. The van der Waals surface area contributed by atoms with Gasteiger partial charge in [0.25, 0.3) is 0 Å². The molecule has 18 heteroatoms. The number of carbonyl (C=O) groups is 6. The predicted molar refractivity (Wildman–Crippen MR) is 270 cm³/mol. The molecule has 0 aliphatic carbocycles. The third-order valence-electron chi connectivity index (χ3n) is 11.3. The molecule has 6 amide bonds. The molecule has 0 aliphatic rings.